The Kier molecular flexibility index (Phi) is 4.14. The van der Waals surface area contributed by atoms with Crippen LogP contribution in [0.1, 0.15) is 31.7 Å². The molecule has 150 valence electrons. The van der Waals surface area contributed by atoms with Crippen LogP contribution in [0.2, 0.25) is 19.6 Å². The molecule has 3 fully saturated rings. The van der Waals surface area contributed by atoms with Crippen molar-refractivity contribution in [1.82, 2.24) is 5.32 Å². The van der Waals surface area contributed by atoms with Crippen molar-refractivity contribution in [2.45, 2.75) is 57.0 Å². The Morgan fingerprint density at radius 1 is 1.21 bits per heavy atom. The molecule has 0 bridgehead atoms. The van der Waals surface area contributed by atoms with Crippen molar-refractivity contribution in [2.75, 3.05) is 6.61 Å². The Labute approximate surface area is 166 Å². The first kappa shape index (κ1) is 19.3. The van der Waals surface area contributed by atoms with Gasteiger partial charge in [0.15, 0.2) is 13.7 Å². The predicted octanol–water partition coefficient (Wildman–Crippen LogP) is 2.53. The molecule has 7 heteroatoms. The lowest BCUT2D eigenvalue weighted by molar-refractivity contribution is -0.245. The summed E-state index contributed by atoms with van der Waals surface area (Å²) >= 11 is 0. The summed E-state index contributed by atoms with van der Waals surface area (Å²) in [5, 5.41) is 2.96. The van der Waals surface area contributed by atoms with E-state index in [2.05, 4.69) is 25.0 Å². The quantitative estimate of drug-likeness (QED) is 0.355. The molecule has 6 nitrogen and oxygen atoms in total. The lowest BCUT2D eigenvalue weighted by Gasteiger charge is -2.68. The van der Waals surface area contributed by atoms with Crippen LogP contribution in [0.3, 0.4) is 0 Å². The average molecular weight is 402 g/mol. The van der Waals surface area contributed by atoms with E-state index < -0.39 is 42.5 Å². The number of ether oxygens (including phenoxy) is 1. The molecule has 1 N–H and O–H groups in total. The molecule has 1 aliphatic heterocycles. The first-order valence-electron chi connectivity index (χ1n) is 9.97. The minimum absolute atomic E-state index is 0.154. The number of esters is 1. The number of hydrogen-bond acceptors (Lipinski definition) is 5. The first-order valence-corrected chi connectivity index (χ1v) is 13.4. The molecule has 0 radical (unpaired) electrons. The number of nitrogens with one attached hydrogen (secondary N) is 1. The first-order chi connectivity index (χ1) is 13.2. The van der Waals surface area contributed by atoms with E-state index in [1.165, 1.54) is 0 Å². The monoisotopic (exact) mass is 401 g/mol. The van der Waals surface area contributed by atoms with Gasteiger partial charge in [-0.3, -0.25) is 14.4 Å². The van der Waals surface area contributed by atoms with Crippen molar-refractivity contribution < 1.29 is 23.5 Å². The summed E-state index contributed by atoms with van der Waals surface area (Å²) in [6.45, 7) is 8.16. The second-order valence-corrected chi connectivity index (χ2v) is 13.4. The Balaban J connectivity index is 2.02. The summed E-state index contributed by atoms with van der Waals surface area (Å²) in [5.41, 5.74) is -2.81. The van der Waals surface area contributed by atoms with E-state index in [4.69, 9.17) is 9.16 Å². The lowest BCUT2D eigenvalue weighted by atomic mass is 9.39. The van der Waals surface area contributed by atoms with Crippen LogP contribution in [0.15, 0.2) is 30.3 Å². The maximum Gasteiger partial charge on any atom is 0.323 e. The van der Waals surface area contributed by atoms with Gasteiger partial charge in [-0.05, 0) is 45.0 Å². The van der Waals surface area contributed by atoms with Crippen LogP contribution in [-0.4, -0.2) is 38.2 Å². The maximum atomic E-state index is 13.3. The average Bonchev–Trinajstić information content (AvgIpc) is 3.09. The van der Waals surface area contributed by atoms with Crippen LogP contribution < -0.4 is 5.32 Å². The molecule has 4 atom stereocenters. The van der Waals surface area contributed by atoms with Crippen molar-refractivity contribution in [3.05, 3.63) is 35.9 Å². The number of rotatable bonds is 5. The molecule has 0 spiro atoms. The molecule has 3 aliphatic rings. The van der Waals surface area contributed by atoms with Crippen molar-refractivity contribution >= 4 is 26.0 Å². The van der Waals surface area contributed by atoms with Crippen LogP contribution in [0, 0.1) is 11.3 Å². The molecular formula is C21H27NO5Si. The number of carbonyl (C=O) groups excluding carboxylic acids is 3. The molecule has 1 heterocycles. The molecule has 2 aliphatic carbocycles. The molecule has 1 saturated heterocycles. The number of ketones is 1. The zero-order valence-corrected chi connectivity index (χ0v) is 17.8. The van der Waals surface area contributed by atoms with E-state index in [0.717, 1.165) is 12.0 Å². The fraction of sp³-hybridized carbons (Fsp3) is 0.571. The molecule has 0 aromatic heterocycles. The largest absolute Gasteiger partial charge is 0.465 e. The van der Waals surface area contributed by atoms with Gasteiger partial charge in [0, 0.05) is 5.92 Å². The summed E-state index contributed by atoms with van der Waals surface area (Å²) in [7, 11) is -2.07. The van der Waals surface area contributed by atoms with Crippen LogP contribution in [-0.2, 0) is 29.1 Å². The third-order valence-electron chi connectivity index (χ3n) is 6.51. The Morgan fingerprint density at radius 2 is 1.89 bits per heavy atom. The molecule has 0 unspecified atom stereocenters. The Morgan fingerprint density at radius 3 is 2.50 bits per heavy atom. The maximum absolute atomic E-state index is 13.3. The molecule has 28 heavy (non-hydrogen) atoms. The van der Waals surface area contributed by atoms with Crippen molar-refractivity contribution in [1.29, 1.82) is 0 Å². The predicted molar refractivity (Wildman–Crippen MR) is 105 cm³/mol. The number of Topliss-reactive ketones (excluding diaryl/α,β-unsaturated/α-hetero) is 1. The van der Waals surface area contributed by atoms with Gasteiger partial charge in [-0.25, -0.2) is 0 Å². The highest BCUT2D eigenvalue weighted by atomic mass is 28.4. The van der Waals surface area contributed by atoms with Crippen molar-refractivity contribution in [2.24, 2.45) is 11.3 Å². The Hall–Kier alpha value is -1.99. The summed E-state index contributed by atoms with van der Waals surface area (Å²) < 4.78 is 12.2. The third-order valence-corrected chi connectivity index (χ3v) is 7.49. The minimum Gasteiger partial charge on any atom is -0.465 e. The van der Waals surface area contributed by atoms with Gasteiger partial charge >= 0.3 is 5.97 Å². The molecule has 1 amide bonds. The van der Waals surface area contributed by atoms with Gasteiger partial charge in [-0.15, -0.1) is 0 Å². The van der Waals surface area contributed by atoms with Crippen LogP contribution in [0.4, 0.5) is 0 Å². The van der Waals surface area contributed by atoms with Gasteiger partial charge in [0.1, 0.15) is 5.54 Å². The highest BCUT2D eigenvalue weighted by Gasteiger charge is 2.92. The standard InChI is InChI=1S/C21H27NO5Si/c1-5-26-18(25)20-15-12-9-13-19(15,27-28(2,3)4)21(20,22-17(24)16(20)23)14-10-7-6-8-11-14/h6-8,10-11,15H,5,9,12-13H2,1-4H3,(H,22,24)/t15-,19+,20-,21-/m1/s1. The zero-order chi connectivity index (χ0) is 20.4. The van der Waals surface area contributed by atoms with Gasteiger partial charge in [0.25, 0.3) is 5.91 Å². The van der Waals surface area contributed by atoms with Crippen LogP contribution >= 0.6 is 0 Å². The summed E-state index contributed by atoms with van der Waals surface area (Å²) in [6, 6.07) is 9.34. The van der Waals surface area contributed by atoms with Gasteiger partial charge in [0.2, 0.25) is 5.78 Å². The highest BCUT2D eigenvalue weighted by Crippen LogP contribution is 2.76. The lowest BCUT2D eigenvalue weighted by Crippen LogP contribution is -2.84. The number of fused-ring (bicyclic) bond motifs is 4. The topological polar surface area (TPSA) is 81.7 Å². The second-order valence-electron chi connectivity index (χ2n) is 8.98. The number of carbonyl (C=O) groups is 3. The Bertz CT molecular complexity index is 850. The molecule has 2 saturated carbocycles. The van der Waals surface area contributed by atoms with Crippen molar-refractivity contribution in [3.8, 4) is 0 Å². The van der Waals surface area contributed by atoms with Crippen LogP contribution in [0.5, 0.6) is 0 Å². The highest BCUT2D eigenvalue weighted by molar-refractivity contribution is 6.70. The fourth-order valence-electron chi connectivity index (χ4n) is 6.06. The summed E-state index contributed by atoms with van der Waals surface area (Å²) in [5.74, 6) is -2.37. The van der Waals surface area contributed by atoms with E-state index in [9.17, 15) is 14.4 Å². The van der Waals surface area contributed by atoms with E-state index in [-0.39, 0.29) is 12.5 Å². The smallest absolute Gasteiger partial charge is 0.323 e. The zero-order valence-electron chi connectivity index (χ0n) is 16.8. The molecule has 4 rings (SSSR count). The second kappa shape index (κ2) is 6.00. The summed E-state index contributed by atoms with van der Waals surface area (Å²) in [4.78, 5) is 39.4. The normalized spacial score (nSPS) is 36.4. The molecule has 1 aromatic carbocycles. The van der Waals surface area contributed by atoms with Gasteiger partial charge in [-0.1, -0.05) is 36.8 Å². The van der Waals surface area contributed by atoms with Gasteiger partial charge in [0.05, 0.1) is 12.2 Å². The molecule has 1 aromatic rings. The minimum atomic E-state index is -2.07. The number of amides is 1. The molecular weight excluding hydrogens is 374 g/mol. The fourth-order valence-corrected chi connectivity index (χ4v) is 7.55. The number of hydrogen-bond donors (Lipinski definition) is 1. The van der Waals surface area contributed by atoms with Gasteiger partial charge in [-0.2, -0.15) is 0 Å². The van der Waals surface area contributed by atoms with Crippen molar-refractivity contribution in [3.63, 3.8) is 0 Å². The van der Waals surface area contributed by atoms with E-state index in [1.54, 1.807) is 6.92 Å². The van der Waals surface area contributed by atoms with E-state index >= 15 is 0 Å². The van der Waals surface area contributed by atoms with E-state index in [0.29, 0.717) is 12.8 Å². The van der Waals surface area contributed by atoms with Crippen LogP contribution in [0.25, 0.3) is 0 Å². The SMILES string of the molecule is CCOC(=O)[C@@]12C(=O)C(=O)N[C@]1(c1ccccc1)[C@]1(O[Si](C)(C)C)CCC[C@@H]21. The third kappa shape index (κ3) is 2.04. The van der Waals surface area contributed by atoms with Gasteiger partial charge < -0.3 is 14.5 Å². The van der Waals surface area contributed by atoms with E-state index in [1.807, 2.05) is 30.3 Å². The number of benzene rings is 1. The summed E-state index contributed by atoms with van der Waals surface area (Å²) in [6.07, 6.45) is 2.21.